The minimum atomic E-state index is -4.57. The molecule has 8 nitrogen and oxygen atoms in total. The van der Waals surface area contributed by atoms with Gasteiger partial charge in [-0.25, -0.2) is 0 Å². The number of likely N-dealkylation sites (N-methyl/N-ethyl adjacent to an activating group) is 1. The number of unbranched alkanes of at least 4 members (excludes halogenated alkanes) is 2. The number of ether oxygens (including phenoxy) is 2. The second-order valence-corrected chi connectivity index (χ2v) is 16.3. The van der Waals surface area contributed by atoms with Crippen molar-refractivity contribution in [3.05, 3.63) is 134 Å². The van der Waals surface area contributed by atoms with E-state index in [4.69, 9.17) is 18.5 Å². The lowest BCUT2D eigenvalue weighted by Gasteiger charge is -2.28. The van der Waals surface area contributed by atoms with Gasteiger partial charge < -0.3 is 27.9 Å². The normalized spacial score (nSPS) is 15.0. The summed E-state index contributed by atoms with van der Waals surface area (Å²) in [5.41, 5.74) is 0. The Morgan fingerprint density at radius 2 is 0.915 bits per heavy atom. The van der Waals surface area contributed by atoms with E-state index < -0.39 is 19.9 Å². The molecule has 0 saturated carbocycles. The lowest BCUT2D eigenvalue weighted by molar-refractivity contribution is -0.870. The molecular weight excluding hydrogens is 758 g/mol. The zero-order chi connectivity index (χ0) is 43.4. The minimum Gasteiger partial charge on any atom is -0.756 e. The van der Waals surface area contributed by atoms with Crippen LogP contribution in [0.1, 0.15) is 117 Å². The third kappa shape index (κ3) is 45.6. The number of esters is 1. The fourth-order valence-electron chi connectivity index (χ4n) is 4.89. The summed E-state index contributed by atoms with van der Waals surface area (Å²) < 4.78 is 34.4. The van der Waals surface area contributed by atoms with Gasteiger partial charge in [0.1, 0.15) is 19.3 Å². The summed E-state index contributed by atoms with van der Waals surface area (Å²) in [6.45, 7) is 4.91. The molecule has 0 aromatic rings. The molecule has 332 valence electrons. The molecule has 0 aliphatic carbocycles. The summed E-state index contributed by atoms with van der Waals surface area (Å²) in [6, 6.07) is 0. The summed E-state index contributed by atoms with van der Waals surface area (Å²) in [5, 5.41) is 0. The Labute approximate surface area is 360 Å². The van der Waals surface area contributed by atoms with Crippen molar-refractivity contribution in [2.75, 3.05) is 54.1 Å². The van der Waals surface area contributed by atoms with Crippen molar-refractivity contribution >= 4 is 13.8 Å². The van der Waals surface area contributed by atoms with Gasteiger partial charge in [-0.05, 0) is 96.3 Å². The summed E-state index contributed by atoms with van der Waals surface area (Å²) in [5.74, 6) is -0.438. The lowest BCUT2D eigenvalue weighted by atomic mass is 10.2. The highest BCUT2D eigenvalue weighted by molar-refractivity contribution is 7.45. The van der Waals surface area contributed by atoms with E-state index in [1.165, 1.54) is 0 Å². The molecule has 0 radical (unpaired) electrons. The van der Waals surface area contributed by atoms with Gasteiger partial charge in [-0.2, -0.15) is 0 Å². The Morgan fingerprint density at radius 1 is 0.525 bits per heavy atom. The van der Waals surface area contributed by atoms with E-state index in [1.54, 1.807) is 0 Å². The molecule has 59 heavy (non-hydrogen) atoms. The van der Waals surface area contributed by atoms with Crippen LogP contribution < -0.4 is 4.89 Å². The maximum absolute atomic E-state index is 12.7. The van der Waals surface area contributed by atoms with E-state index >= 15 is 0 Å². The molecule has 0 spiro atoms. The topological polar surface area (TPSA) is 94.1 Å². The number of quaternary nitrogens is 1. The van der Waals surface area contributed by atoms with Crippen LogP contribution in [0.2, 0.25) is 0 Å². The smallest absolute Gasteiger partial charge is 0.306 e. The second-order valence-electron chi connectivity index (χ2n) is 14.9. The Bertz CT molecular complexity index is 1390. The number of rotatable bonds is 38. The summed E-state index contributed by atoms with van der Waals surface area (Å²) in [7, 11) is 1.25. The van der Waals surface area contributed by atoms with Gasteiger partial charge in [0.15, 0.2) is 0 Å². The predicted molar refractivity (Wildman–Crippen MR) is 249 cm³/mol. The van der Waals surface area contributed by atoms with Gasteiger partial charge in [-0.1, -0.05) is 148 Å². The Hall–Kier alpha value is -3.36. The van der Waals surface area contributed by atoms with Gasteiger partial charge in [0.2, 0.25) is 0 Å². The molecular formula is C50H80NO7P. The molecule has 0 fully saturated rings. The molecule has 0 aliphatic heterocycles. The van der Waals surface area contributed by atoms with Crippen molar-refractivity contribution in [1.29, 1.82) is 0 Å². The van der Waals surface area contributed by atoms with E-state index in [9.17, 15) is 14.3 Å². The second kappa shape index (κ2) is 41.4. The Balaban J connectivity index is 4.50. The predicted octanol–water partition coefficient (Wildman–Crippen LogP) is 12.5. The van der Waals surface area contributed by atoms with Crippen molar-refractivity contribution < 1.29 is 37.3 Å². The number of phosphoric ester groups is 1. The van der Waals surface area contributed by atoms with E-state index in [2.05, 4.69) is 135 Å². The average molecular weight is 838 g/mol. The first-order chi connectivity index (χ1) is 28.6. The zero-order valence-corrected chi connectivity index (χ0v) is 38.3. The number of nitrogens with zero attached hydrogens (tertiary/aromatic N) is 1. The van der Waals surface area contributed by atoms with Crippen LogP contribution in [0.25, 0.3) is 0 Å². The van der Waals surface area contributed by atoms with E-state index in [1.807, 2.05) is 33.3 Å². The van der Waals surface area contributed by atoms with Gasteiger partial charge in [-0.15, -0.1) is 0 Å². The van der Waals surface area contributed by atoms with Gasteiger partial charge in [0, 0.05) is 13.0 Å². The van der Waals surface area contributed by atoms with E-state index in [0.29, 0.717) is 24.1 Å². The highest BCUT2D eigenvalue weighted by atomic mass is 31.2. The zero-order valence-electron chi connectivity index (χ0n) is 37.4. The van der Waals surface area contributed by atoms with Crippen LogP contribution in [0, 0.1) is 0 Å². The highest BCUT2D eigenvalue weighted by Gasteiger charge is 2.20. The van der Waals surface area contributed by atoms with Crippen molar-refractivity contribution in [3.63, 3.8) is 0 Å². The quantitative estimate of drug-likeness (QED) is 0.0201. The van der Waals surface area contributed by atoms with E-state index in [0.717, 1.165) is 89.9 Å². The molecule has 0 N–H and O–H groups in total. The third-order valence-electron chi connectivity index (χ3n) is 8.21. The number of hydrogen-bond acceptors (Lipinski definition) is 7. The molecule has 0 aromatic heterocycles. The molecule has 0 bridgehead atoms. The van der Waals surface area contributed by atoms with Crippen molar-refractivity contribution in [3.8, 4) is 0 Å². The summed E-state index contributed by atoms with van der Waals surface area (Å²) in [6.07, 6.45) is 60.6. The number of phosphoric acid groups is 1. The molecule has 0 aliphatic rings. The maximum atomic E-state index is 12.7. The van der Waals surface area contributed by atoms with Crippen LogP contribution in [-0.4, -0.2) is 70.7 Å². The first-order valence-electron chi connectivity index (χ1n) is 21.9. The van der Waals surface area contributed by atoms with Gasteiger partial charge in [0.05, 0.1) is 34.4 Å². The Kier molecular flexibility index (Phi) is 39.0. The number of carbonyl (C=O) groups is 1. The fourth-order valence-corrected chi connectivity index (χ4v) is 5.62. The molecule has 9 heteroatoms. The largest absolute Gasteiger partial charge is 0.756 e. The fraction of sp³-hybridized carbons (Fsp3) is 0.540. The molecule has 2 unspecified atom stereocenters. The van der Waals surface area contributed by atoms with Crippen LogP contribution in [-0.2, 0) is 27.9 Å². The Morgan fingerprint density at radius 3 is 1.32 bits per heavy atom. The molecule has 0 rings (SSSR count). The van der Waals surface area contributed by atoms with Crippen LogP contribution in [0.4, 0.5) is 0 Å². The van der Waals surface area contributed by atoms with E-state index in [-0.39, 0.29) is 26.2 Å². The van der Waals surface area contributed by atoms with Crippen LogP contribution in [0.3, 0.4) is 0 Å². The minimum absolute atomic E-state index is 0.00488. The van der Waals surface area contributed by atoms with Crippen molar-refractivity contribution in [2.45, 2.75) is 123 Å². The number of allylic oxidation sites excluding steroid dienone is 22. The van der Waals surface area contributed by atoms with Crippen molar-refractivity contribution in [2.24, 2.45) is 0 Å². The molecule has 0 amide bonds. The van der Waals surface area contributed by atoms with Crippen LogP contribution >= 0.6 is 7.82 Å². The van der Waals surface area contributed by atoms with Crippen molar-refractivity contribution in [1.82, 2.24) is 0 Å². The molecule has 0 heterocycles. The molecule has 0 aromatic carbocycles. The maximum Gasteiger partial charge on any atom is 0.306 e. The highest BCUT2D eigenvalue weighted by Crippen LogP contribution is 2.38. The van der Waals surface area contributed by atoms with Gasteiger partial charge >= 0.3 is 5.97 Å². The lowest BCUT2D eigenvalue weighted by Crippen LogP contribution is -2.37. The standard InChI is InChI=1S/C50H80NO7P/c1-6-8-10-12-14-16-18-20-22-24-26-27-29-31-33-35-37-39-41-43-50(52)58-49(48-57-59(53,54)56-46-44-51(3,4)5)47-55-45-42-40-38-36-34-32-30-28-25-23-21-19-17-15-13-11-9-7-2/h8-11,14-17,20-23,26-28,30-31,33-34,36-37,39,49H,6-7,12-13,18-19,24-25,29,32,35,38,40-48H2,1-5H3/b10-8-,11-9-,16-14-,17-15-,22-20-,23-21-,27-26-,30-28-,33-31-,36-34-,39-37-. The summed E-state index contributed by atoms with van der Waals surface area (Å²) in [4.78, 5) is 25.0. The number of hydrogen-bond donors (Lipinski definition) is 0. The molecule has 0 saturated heterocycles. The first-order valence-corrected chi connectivity index (χ1v) is 23.4. The van der Waals surface area contributed by atoms with Gasteiger partial charge in [0.25, 0.3) is 7.82 Å². The molecule has 2 atom stereocenters. The number of carbonyl (C=O) groups excluding carboxylic acids is 1. The SMILES string of the molecule is CC/C=C\C/C=C\C/C=C\C/C=C\C/C=C\C/C=C\CCC(=O)OC(COCCCC/C=C\C/C=C\C/C=C\C/C=C\C/C=C\CC)COP(=O)([O-])OCC[N+](C)(C)C. The third-order valence-corrected chi connectivity index (χ3v) is 9.17. The van der Waals surface area contributed by atoms with Crippen LogP contribution in [0.5, 0.6) is 0 Å². The monoisotopic (exact) mass is 838 g/mol. The summed E-state index contributed by atoms with van der Waals surface area (Å²) >= 11 is 0. The average Bonchev–Trinajstić information content (AvgIpc) is 3.19. The first kappa shape index (κ1) is 55.6. The van der Waals surface area contributed by atoms with Gasteiger partial charge in [-0.3, -0.25) is 9.36 Å². The van der Waals surface area contributed by atoms with Crippen LogP contribution in [0.15, 0.2) is 134 Å².